The molecule has 5 rings (SSSR count). The van der Waals surface area contributed by atoms with Crippen molar-refractivity contribution in [3.05, 3.63) is 82.1 Å². The molecule has 0 spiro atoms. The number of hydrogen-bond acceptors (Lipinski definition) is 9. The van der Waals surface area contributed by atoms with Crippen LogP contribution in [0.1, 0.15) is 29.5 Å². The molecule has 204 valence electrons. The molecule has 0 saturated heterocycles. The highest BCUT2D eigenvalue weighted by Crippen LogP contribution is 2.57. The maximum atomic E-state index is 14.2. The van der Waals surface area contributed by atoms with Crippen LogP contribution in [0.3, 0.4) is 0 Å². The first-order valence-corrected chi connectivity index (χ1v) is 12.5. The normalized spacial score (nSPS) is 30.2. The number of primary amides is 1. The first-order chi connectivity index (χ1) is 18.4. The Labute approximate surface area is 224 Å². The minimum atomic E-state index is -2.82. The number of aliphatic hydroxyl groups is 3. The van der Waals surface area contributed by atoms with Crippen LogP contribution in [0.5, 0.6) is 5.75 Å². The molecule has 2 aromatic rings. The van der Waals surface area contributed by atoms with E-state index in [9.17, 15) is 34.8 Å². The van der Waals surface area contributed by atoms with Crippen molar-refractivity contribution in [2.45, 2.75) is 37.2 Å². The van der Waals surface area contributed by atoms with Gasteiger partial charge in [0, 0.05) is 11.5 Å². The summed E-state index contributed by atoms with van der Waals surface area (Å²) in [6.45, 7) is 1.82. The summed E-state index contributed by atoms with van der Waals surface area (Å²) in [5.41, 5.74) is 2.81. The van der Waals surface area contributed by atoms with Crippen molar-refractivity contribution in [1.82, 2.24) is 4.90 Å². The minimum Gasteiger partial charge on any atom is -0.508 e. The first-order valence-electron chi connectivity index (χ1n) is 12.5. The Bertz CT molecular complexity index is 1450. The van der Waals surface area contributed by atoms with Crippen molar-refractivity contribution in [3.8, 4) is 5.75 Å². The molecular formula is C29H30N2O8. The van der Waals surface area contributed by atoms with Gasteiger partial charge >= 0.3 is 0 Å². The van der Waals surface area contributed by atoms with Gasteiger partial charge in [0.1, 0.15) is 22.8 Å². The quantitative estimate of drug-likeness (QED) is 0.358. The molecular weight excluding hydrogens is 504 g/mol. The number of nitrogens with two attached hydrogens (primary N) is 1. The van der Waals surface area contributed by atoms with Crippen LogP contribution < -0.4 is 5.73 Å². The van der Waals surface area contributed by atoms with Gasteiger partial charge in [-0.3, -0.25) is 19.3 Å². The fourth-order valence-corrected chi connectivity index (χ4v) is 6.52. The second-order valence-electron chi connectivity index (χ2n) is 10.6. The molecule has 6 atom stereocenters. The second-order valence-corrected chi connectivity index (χ2v) is 10.6. The molecule has 0 bridgehead atoms. The van der Waals surface area contributed by atoms with Crippen molar-refractivity contribution in [2.24, 2.45) is 17.6 Å². The molecule has 6 N–H and O–H groups in total. The molecule has 3 aliphatic carbocycles. The Balaban J connectivity index is 1.80. The summed E-state index contributed by atoms with van der Waals surface area (Å²) in [5, 5.41) is 45.2. The Morgan fingerprint density at radius 1 is 1.05 bits per heavy atom. The second kappa shape index (κ2) is 9.33. The number of rotatable bonds is 5. The van der Waals surface area contributed by atoms with Crippen LogP contribution in [-0.2, 0) is 25.7 Å². The number of aliphatic hydroxyl groups excluding tert-OH is 2. The third kappa shape index (κ3) is 3.70. The molecule has 1 saturated carbocycles. The molecule has 0 radical (unpaired) electrons. The molecule has 2 aromatic carbocycles. The summed E-state index contributed by atoms with van der Waals surface area (Å²) < 4.78 is 6.41. The zero-order valence-corrected chi connectivity index (χ0v) is 21.7. The van der Waals surface area contributed by atoms with E-state index in [1.165, 1.54) is 11.0 Å². The summed E-state index contributed by atoms with van der Waals surface area (Å²) in [6, 6.07) is 12.5. The van der Waals surface area contributed by atoms with Crippen molar-refractivity contribution in [2.75, 3.05) is 14.1 Å². The predicted octanol–water partition coefficient (Wildman–Crippen LogP) is 1.72. The highest BCUT2D eigenvalue weighted by molar-refractivity contribution is 6.24. The molecule has 0 aromatic heterocycles. The molecule has 0 unspecified atom stereocenters. The fraction of sp³-hybridized carbons (Fsp3) is 0.345. The van der Waals surface area contributed by atoms with Crippen molar-refractivity contribution in [1.29, 1.82) is 0 Å². The maximum Gasteiger partial charge on any atom is 0.255 e. The lowest BCUT2D eigenvalue weighted by Crippen LogP contribution is -2.70. The largest absolute Gasteiger partial charge is 0.508 e. The Morgan fingerprint density at radius 3 is 2.33 bits per heavy atom. The van der Waals surface area contributed by atoms with Crippen LogP contribution in [0.15, 0.2) is 65.4 Å². The van der Waals surface area contributed by atoms with Crippen molar-refractivity contribution >= 4 is 23.2 Å². The van der Waals surface area contributed by atoms with Gasteiger partial charge in [-0.1, -0.05) is 49.4 Å². The molecule has 1 fully saturated rings. The molecule has 1 amide bonds. The number of likely N-dealkylation sites (N-methyl/N-ethyl adjacent to an activating group) is 1. The van der Waals surface area contributed by atoms with E-state index in [0.717, 1.165) is 5.56 Å². The summed E-state index contributed by atoms with van der Waals surface area (Å²) in [7, 11) is 3.09. The number of phenolic OH excluding ortho intramolecular Hbond substituents is 1. The number of ketones is 2. The molecule has 0 heterocycles. The minimum absolute atomic E-state index is 0.0257. The monoisotopic (exact) mass is 534 g/mol. The van der Waals surface area contributed by atoms with E-state index in [1.54, 1.807) is 33.2 Å². The number of carbonyl (C=O) groups is 3. The maximum absolute atomic E-state index is 14.2. The lowest BCUT2D eigenvalue weighted by Gasteiger charge is -2.55. The van der Waals surface area contributed by atoms with Crippen LogP contribution in [0, 0.1) is 11.8 Å². The van der Waals surface area contributed by atoms with Crippen molar-refractivity contribution in [3.63, 3.8) is 0 Å². The van der Waals surface area contributed by atoms with Gasteiger partial charge < -0.3 is 30.9 Å². The number of fused-ring (bicyclic) bond motifs is 3. The fourth-order valence-electron chi connectivity index (χ4n) is 6.52. The third-order valence-electron chi connectivity index (χ3n) is 8.25. The zero-order chi connectivity index (χ0) is 28.4. The zero-order valence-electron chi connectivity index (χ0n) is 21.7. The van der Waals surface area contributed by atoms with Crippen LogP contribution in [0.2, 0.25) is 0 Å². The van der Waals surface area contributed by atoms with Crippen LogP contribution >= 0.6 is 0 Å². The van der Waals surface area contributed by atoms with E-state index >= 15 is 0 Å². The Hall–Kier alpha value is -3.99. The van der Waals surface area contributed by atoms with E-state index < -0.39 is 70.1 Å². The number of ether oxygens (including phenoxy) is 1. The number of aromatic hydroxyl groups is 1. The number of hydrogen-bond donors (Lipinski definition) is 5. The van der Waals surface area contributed by atoms with Gasteiger partial charge in [-0.15, -0.1) is 0 Å². The third-order valence-corrected chi connectivity index (χ3v) is 8.25. The molecule has 10 heteroatoms. The standard InChI is InChI=1S/C29H30N2O8/c1-13-15-10-7-11-16(32)18(15)23(33)19-17(13)25(39-12-14-8-5-4-6-9-14)21-22(31(2)3)24(34)20(28(30)37)27(36)29(21,38)26(19)35/h4-11,13,17,21-22,25,32-33,36,38H,12H2,1-3H3,(H2,30,37)/t13-,17+,21+,22-,25-,29-/m0/s1. The predicted molar refractivity (Wildman–Crippen MR) is 139 cm³/mol. The number of nitrogens with zero attached hydrogens (tertiary/aromatic N) is 1. The number of Topliss-reactive ketones (excluding diaryl/α,β-unsaturated/α-hetero) is 2. The average molecular weight is 535 g/mol. The van der Waals surface area contributed by atoms with Crippen LogP contribution in [0.4, 0.5) is 0 Å². The number of amides is 1. The smallest absolute Gasteiger partial charge is 0.255 e. The highest BCUT2D eigenvalue weighted by atomic mass is 16.5. The van der Waals surface area contributed by atoms with E-state index in [1.807, 2.05) is 30.3 Å². The molecule has 3 aliphatic rings. The summed E-state index contributed by atoms with van der Waals surface area (Å²) >= 11 is 0. The lowest BCUT2D eigenvalue weighted by molar-refractivity contribution is -0.178. The number of phenols is 1. The van der Waals surface area contributed by atoms with Crippen molar-refractivity contribution < 1.29 is 39.5 Å². The summed E-state index contributed by atoms with van der Waals surface area (Å²) in [5.74, 6) is -8.01. The summed E-state index contributed by atoms with van der Waals surface area (Å²) in [6.07, 6.45) is -1.11. The molecule has 10 nitrogen and oxygen atoms in total. The van der Waals surface area contributed by atoms with Crippen LogP contribution in [-0.4, -0.2) is 74.6 Å². The van der Waals surface area contributed by atoms with Gasteiger partial charge in [-0.25, -0.2) is 0 Å². The SMILES string of the molecule is C[C@H]1c2cccc(O)c2C(O)=C2C(=O)[C@]3(O)C(O)=C(C(N)=O)C(=O)[C@@H](N(C)C)[C@@H]3[C@@H](OCc3ccccc3)[C@@H]21. The average Bonchev–Trinajstić information content (AvgIpc) is 2.88. The Morgan fingerprint density at radius 2 is 1.72 bits per heavy atom. The first kappa shape index (κ1) is 26.6. The van der Waals surface area contributed by atoms with Gasteiger partial charge in [0.05, 0.1) is 30.2 Å². The lowest BCUT2D eigenvalue weighted by atomic mass is 9.54. The number of benzene rings is 2. The highest BCUT2D eigenvalue weighted by Gasteiger charge is 2.68. The van der Waals surface area contributed by atoms with Gasteiger partial charge in [0.2, 0.25) is 5.78 Å². The van der Waals surface area contributed by atoms with Gasteiger partial charge in [0.25, 0.3) is 5.91 Å². The van der Waals surface area contributed by atoms with Gasteiger partial charge in [-0.2, -0.15) is 0 Å². The van der Waals surface area contributed by atoms with Gasteiger partial charge in [-0.05, 0) is 37.2 Å². The van der Waals surface area contributed by atoms with E-state index in [4.69, 9.17) is 10.5 Å². The Kier molecular flexibility index (Phi) is 6.37. The van der Waals surface area contributed by atoms with E-state index in [2.05, 4.69) is 0 Å². The van der Waals surface area contributed by atoms with E-state index in [-0.39, 0.29) is 23.5 Å². The van der Waals surface area contributed by atoms with Crippen LogP contribution in [0.25, 0.3) is 5.76 Å². The topological polar surface area (TPSA) is 171 Å². The molecule has 0 aliphatic heterocycles. The summed E-state index contributed by atoms with van der Waals surface area (Å²) in [4.78, 5) is 41.5. The van der Waals surface area contributed by atoms with E-state index in [0.29, 0.717) is 5.56 Å². The number of carbonyl (C=O) groups excluding carboxylic acids is 3. The van der Waals surface area contributed by atoms with Gasteiger partial charge in [0.15, 0.2) is 11.4 Å². The molecule has 39 heavy (non-hydrogen) atoms.